The Morgan fingerprint density at radius 1 is 1.21 bits per heavy atom. The van der Waals surface area contributed by atoms with Crippen molar-refractivity contribution >= 4 is 31.7 Å². The Labute approximate surface area is 105 Å². The van der Waals surface area contributed by atoms with Crippen LogP contribution in [0.15, 0.2) is 0 Å². The van der Waals surface area contributed by atoms with E-state index >= 15 is 0 Å². The van der Waals surface area contributed by atoms with Gasteiger partial charge in [0.2, 0.25) is 0 Å². The van der Waals surface area contributed by atoms with E-state index in [2.05, 4.69) is 30.6 Å². The van der Waals surface area contributed by atoms with Gasteiger partial charge in [-0.25, -0.2) is 0 Å². The van der Waals surface area contributed by atoms with Crippen molar-refractivity contribution in [1.82, 2.24) is 3.88 Å². The summed E-state index contributed by atoms with van der Waals surface area (Å²) in [5.41, 5.74) is 0. The summed E-state index contributed by atoms with van der Waals surface area (Å²) in [5.74, 6) is 2.48. The maximum atomic E-state index is 2.63. The van der Waals surface area contributed by atoms with Gasteiger partial charge in [0.15, 0.2) is 0 Å². The molecule has 82 valence electrons. The summed E-state index contributed by atoms with van der Waals surface area (Å²) in [6.45, 7) is 4.67. The van der Waals surface area contributed by atoms with Gasteiger partial charge in [0.25, 0.3) is 15.2 Å². The summed E-state index contributed by atoms with van der Waals surface area (Å²) in [6, 6.07) is 0. The third kappa shape index (κ3) is 4.70. The molecule has 0 aromatic carbocycles. The van der Waals surface area contributed by atoms with Gasteiger partial charge in [0.1, 0.15) is 0 Å². The third-order valence-electron chi connectivity index (χ3n) is 3.76. The maximum Gasteiger partial charge on any atom is 0.321 e. The molecule has 0 saturated carbocycles. The molecule has 1 nitrogen and oxygen atoms in total. The Morgan fingerprint density at radius 3 is 2.21 bits per heavy atom. The summed E-state index contributed by atoms with van der Waals surface area (Å²) in [5, 5.41) is 0. The minimum Gasteiger partial charge on any atom is -0.400 e. The van der Waals surface area contributed by atoms with Crippen LogP contribution in [0.3, 0.4) is 0 Å². The van der Waals surface area contributed by atoms with E-state index in [4.69, 9.17) is 0 Å². The van der Waals surface area contributed by atoms with Crippen LogP contribution in [0.5, 0.6) is 0 Å². The molecule has 3 heteroatoms. The molecule has 14 heavy (non-hydrogen) atoms. The number of nitrogens with zero attached hydrogens (tertiary/aromatic N) is 1. The number of rotatable bonds is 8. The van der Waals surface area contributed by atoms with Crippen molar-refractivity contribution in [2.45, 2.75) is 62.6 Å². The van der Waals surface area contributed by atoms with Gasteiger partial charge < -0.3 is 3.88 Å². The SMILES string of the molecule is CCCCCC[C](CC)([AlH][CH3])[N](C)[AlH2]. The summed E-state index contributed by atoms with van der Waals surface area (Å²) in [6.07, 6.45) is 8.53. The normalized spacial score (nSPS) is 15.5. The average Bonchev–Trinajstić information content (AvgIpc) is 2.18. The number of unbranched alkanes of at least 4 members (excludes halogenated alkanes) is 3. The molecular formula is C11H27Al2N. The second kappa shape index (κ2) is 8.21. The Hall–Kier alpha value is 1.02. The lowest BCUT2D eigenvalue weighted by Gasteiger charge is -2.40. The Kier molecular flexibility index (Phi) is 8.81. The van der Waals surface area contributed by atoms with Crippen LogP contribution in [0, 0.1) is 0 Å². The molecule has 0 rings (SSSR count). The minimum absolute atomic E-state index is 0.100. The molecule has 1 unspecified atom stereocenters. The van der Waals surface area contributed by atoms with Crippen molar-refractivity contribution in [1.29, 1.82) is 0 Å². The Morgan fingerprint density at radius 2 is 1.86 bits per heavy atom. The van der Waals surface area contributed by atoms with Crippen molar-refractivity contribution < 1.29 is 0 Å². The first-order valence-corrected chi connectivity index (χ1v) is 9.32. The van der Waals surface area contributed by atoms with Crippen LogP contribution < -0.4 is 0 Å². The van der Waals surface area contributed by atoms with Crippen LogP contribution in [0.4, 0.5) is 0 Å². The highest BCUT2D eigenvalue weighted by atomic mass is 27.1. The van der Waals surface area contributed by atoms with Gasteiger partial charge in [0.05, 0.1) is 0 Å². The lowest BCUT2D eigenvalue weighted by molar-refractivity contribution is 0.292. The van der Waals surface area contributed by atoms with E-state index in [1.165, 1.54) is 55.0 Å². The Balaban J connectivity index is 3.95. The third-order valence-corrected chi connectivity index (χ3v) is 8.14. The molecular weight excluding hydrogens is 200 g/mol. The molecule has 0 aromatic heterocycles. The van der Waals surface area contributed by atoms with Gasteiger partial charge >= 0.3 is 16.5 Å². The van der Waals surface area contributed by atoms with Crippen LogP contribution in [0.1, 0.15) is 52.4 Å². The quantitative estimate of drug-likeness (QED) is 0.453. The van der Waals surface area contributed by atoms with Gasteiger partial charge in [-0.2, -0.15) is 0 Å². The van der Waals surface area contributed by atoms with Gasteiger partial charge in [-0.3, -0.25) is 0 Å². The number of hydrogen-bond acceptors (Lipinski definition) is 1. The van der Waals surface area contributed by atoms with E-state index in [1.807, 2.05) is 0 Å². The highest BCUT2D eigenvalue weighted by Gasteiger charge is 2.27. The predicted octanol–water partition coefficient (Wildman–Crippen LogP) is 2.03. The van der Waals surface area contributed by atoms with E-state index < -0.39 is 0 Å². The first-order valence-electron chi connectivity index (χ1n) is 6.30. The summed E-state index contributed by atoms with van der Waals surface area (Å²) in [7, 11) is 2.33. The Bertz CT molecular complexity index is 133. The van der Waals surface area contributed by atoms with Gasteiger partial charge in [0, 0.05) is 0 Å². The molecule has 0 aliphatic carbocycles. The molecule has 0 N–H and O–H groups in total. The van der Waals surface area contributed by atoms with Gasteiger partial charge in [-0.1, -0.05) is 50.4 Å². The first-order chi connectivity index (χ1) is 6.63. The second-order valence-corrected chi connectivity index (χ2v) is 8.00. The van der Waals surface area contributed by atoms with E-state index in [0.29, 0.717) is 4.40 Å². The summed E-state index contributed by atoms with van der Waals surface area (Å²) < 4.78 is 3.30. The van der Waals surface area contributed by atoms with Crippen molar-refractivity contribution in [3.05, 3.63) is 0 Å². The van der Waals surface area contributed by atoms with E-state index in [9.17, 15) is 0 Å². The molecule has 0 bridgehead atoms. The molecule has 0 aliphatic rings. The maximum absolute atomic E-state index is 2.63. The fourth-order valence-corrected chi connectivity index (χ4v) is 5.56. The lowest BCUT2D eigenvalue weighted by atomic mass is 10.0. The highest BCUT2D eigenvalue weighted by Crippen LogP contribution is 2.23. The van der Waals surface area contributed by atoms with Crippen molar-refractivity contribution in [2.24, 2.45) is 0 Å². The van der Waals surface area contributed by atoms with Crippen LogP contribution in [-0.2, 0) is 0 Å². The molecule has 1 atom stereocenters. The predicted molar refractivity (Wildman–Crippen MR) is 71.1 cm³/mol. The molecule has 0 saturated heterocycles. The molecule has 0 aromatic rings. The molecule has 0 fully saturated rings. The average molecular weight is 227 g/mol. The van der Waals surface area contributed by atoms with E-state index in [1.54, 1.807) is 0 Å². The largest absolute Gasteiger partial charge is 0.400 e. The van der Waals surface area contributed by atoms with E-state index in [-0.39, 0.29) is 15.2 Å². The van der Waals surface area contributed by atoms with Crippen LogP contribution in [-0.4, -0.2) is 47.1 Å². The topological polar surface area (TPSA) is 3.24 Å². The molecule has 0 spiro atoms. The van der Waals surface area contributed by atoms with Gasteiger partial charge in [-0.05, 0) is 13.5 Å². The molecule has 0 radical (unpaired) electrons. The molecule has 0 heterocycles. The minimum atomic E-state index is 0.100. The smallest absolute Gasteiger partial charge is 0.321 e. The van der Waals surface area contributed by atoms with Gasteiger partial charge in [-0.15, -0.1) is 5.79 Å². The zero-order chi connectivity index (χ0) is 11.0. The zero-order valence-corrected chi connectivity index (χ0v) is 14.3. The van der Waals surface area contributed by atoms with E-state index in [0.717, 1.165) is 0 Å². The summed E-state index contributed by atoms with van der Waals surface area (Å²) in [4.78, 5) is 0. The second-order valence-electron chi connectivity index (χ2n) is 4.64. The van der Waals surface area contributed by atoms with Crippen molar-refractivity contribution in [2.75, 3.05) is 7.05 Å². The fraction of sp³-hybridized carbons (Fsp3) is 1.00. The fourth-order valence-electron chi connectivity index (χ4n) is 2.34. The number of hydrogen-bond donors (Lipinski definition) is 0. The van der Waals surface area contributed by atoms with Crippen molar-refractivity contribution in [3.8, 4) is 0 Å². The lowest BCUT2D eigenvalue weighted by Crippen LogP contribution is -2.48. The first kappa shape index (κ1) is 15.0. The highest BCUT2D eigenvalue weighted by molar-refractivity contribution is 6.39. The van der Waals surface area contributed by atoms with Crippen LogP contribution >= 0.6 is 0 Å². The molecule has 0 amide bonds. The van der Waals surface area contributed by atoms with Crippen molar-refractivity contribution in [3.63, 3.8) is 0 Å². The summed E-state index contributed by atoms with van der Waals surface area (Å²) >= 11 is 1.33. The van der Waals surface area contributed by atoms with Crippen LogP contribution in [0.2, 0.25) is 5.79 Å². The molecule has 0 aliphatic heterocycles. The standard InChI is InChI=1S/C10H21N.CH3.2Al.3H/c1-4-6-7-8-9-10(5-2)11-3;;;;;;/h4-9H2,1-3H3;1H3;;;;;/q-1;;;+1;;;. The zero-order valence-electron chi connectivity index (χ0n) is 10.9. The van der Waals surface area contributed by atoms with Crippen LogP contribution in [0.25, 0.3) is 0 Å². The monoisotopic (exact) mass is 227 g/mol.